The molecule has 178 valence electrons. The summed E-state index contributed by atoms with van der Waals surface area (Å²) < 4.78 is 10.7. The van der Waals surface area contributed by atoms with Crippen molar-refractivity contribution < 1.29 is 19.1 Å². The molecule has 3 heterocycles. The van der Waals surface area contributed by atoms with Crippen LogP contribution in [0.4, 0.5) is 5.82 Å². The quantitative estimate of drug-likeness (QED) is 0.230. The number of nitrogens with zero attached hydrogens (tertiary/aromatic N) is 5. The number of ether oxygens (including phenoxy) is 2. The Balaban J connectivity index is 1.44. The molecule has 2 atom stereocenters. The molecule has 4 N–H and O–H groups in total. The smallest absolute Gasteiger partial charge is 0.268 e. The van der Waals surface area contributed by atoms with Crippen LogP contribution in [0.3, 0.4) is 0 Å². The first-order chi connectivity index (χ1) is 16.5. The summed E-state index contributed by atoms with van der Waals surface area (Å²) in [7, 11) is 0. The summed E-state index contributed by atoms with van der Waals surface area (Å²) in [5.74, 6) is 1.10. The standard InChI is InChI=1S/C22H26N8O4/c1-13-15(5-7-20(23)26-13)11-25-21(31)17-3-2-8-30(17)22(32)16(27-29-28-24)9-14-4-6-18-19(10-14)34-12-33-18/h4-7,10,16-17,27H,2-3,8-9,11-12H2,1H3,(H2,23,26)(H,25,31)/t16-,17+/m1/s1. The van der Waals surface area contributed by atoms with Crippen molar-refractivity contribution in [3.63, 3.8) is 0 Å². The lowest BCUT2D eigenvalue weighted by molar-refractivity contribution is -0.140. The highest BCUT2D eigenvalue weighted by molar-refractivity contribution is 5.90. The van der Waals surface area contributed by atoms with Crippen LogP contribution in [-0.4, -0.2) is 47.1 Å². The molecule has 0 aliphatic carbocycles. The number of azide groups is 1. The average molecular weight is 467 g/mol. The van der Waals surface area contributed by atoms with Gasteiger partial charge in [0, 0.05) is 25.2 Å². The van der Waals surface area contributed by atoms with Crippen LogP contribution in [0.2, 0.25) is 0 Å². The minimum Gasteiger partial charge on any atom is -0.454 e. The molecule has 34 heavy (non-hydrogen) atoms. The molecule has 2 aliphatic rings. The van der Waals surface area contributed by atoms with Gasteiger partial charge in [-0.2, -0.15) is 4.91 Å². The molecule has 1 saturated heterocycles. The second kappa shape index (κ2) is 10.2. The Labute approximate surface area is 196 Å². The number of fused-ring (bicyclic) bond motifs is 1. The Morgan fingerprint density at radius 1 is 1.32 bits per heavy atom. The van der Waals surface area contributed by atoms with E-state index in [0.29, 0.717) is 36.7 Å². The Morgan fingerprint density at radius 2 is 2.15 bits per heavy atom. The maximum atomic E-state index is 13.4. The number of pyridine rings is 1. The number of carbonyl (C=O) groups excluding carboxylic acids is 2. The SMILES string of the molecule is Cc1nc(N)ccc1CNC(=O)[C@@H]1CCCN1C(=O)[C@@H](Cc1ccc2c(c1)OCO2)NN=[N+]=[N-]. The van der Waals surface area contributed by atoms with Crippen LogP contribution in [0.1, 0.15) is 29.7 Å². The zero-order valence-corrected chi connectivity index (χ0v) is 18.7. The third-order valence-electron chi connectivity index (χ3n) is 5.94. The van der Waals surface area contributed by atoms with E-state index in [-0.39, 0.29) is 31.6 Å². The number of carbonyl (C=O) groups is 2. The van der Waals surface area contributed by atoms with Gasteiger partial charge in [-0.3, -0.25) is 9.59 Å². The molecule has 1 aromatic heterocycles. The number of anilines is 1. The van der Waals surface area contributed by atoms with Gasteiger partial charge in [-0.1, -0.05) is 12.1 Å². The van der Waals surface area contributed by atoms with E-state index in [9.17, 15) is 9.59 Å². The molecule has 0 bridgehead atoms. The summed E-state index contributed by atoms with van der Waals surface area (Å²) in [5.41, 5.74) is 19.4. The van der Waals surface area contributed by atoms with E-state index in [4.69, 9.17) is 20.7 Å². The number of hydrogen-bond donors (Lipinski definition) is 3. The number of hydrogen-bond acceptors (Lipinski definition) is 7. The highest BCUT2D eigenvalue weighted by Crippen LogP contribution is 2.33. The molecule has 2 amide bonds. The molecule has 2 aromatic rings. The molecule has 2 aliphatic heterocycles. The molecule has 0 unspecified atom stereocenters. The lowest BCUT2D eigenvalue weighted by Crippen LogP contribution is -2.52. The summed E-state index contributed by atoms with van der Waals surface area (Å²) in [4.78, 5) is 34.8. The van der Waals surface area contributed by atoms with Gasteiger partial charge in [0.05, 0.1) is 0 Å². The van der Waals surface area contributed by atoms with E-state index in [0.717, 1.165) is 16.8 Å². The van der Waals surface area contributed by atoms with Gasteiger partial charge in [0.2, 0.25) is 12.7 Å². The van der Waals surface area contributed by atoms with Crippen molar-refractivity contribution in [1.82, 2.24) is 20.6 Å². The number of aryl methyl sites for hydroxylation is 1. The summed E-state index contributed by atoms with van der Waals surface area (Å²) in [6, 6.07) is 7.44. The molecule has 12 nitrogen and oxygen atoms in total. The number of nitrogens with one attached hydrogen (secondary N) is 2. The molecule has 1 aromatic carbocycles. The van der Waals surface area contributed by atoms with Crippen LogP contribution in [0.5, 0.6) is 11.5 Å². The minimum atomic E-state index is -0.840. The molecule has 1 fully saturated rings. The first kappa shape index (κ1) is 23.0. The lowest BCUT2D eigenvalue weighted by atomic mass is 10.0. The number of amides is 2. The van der Waals surface area contributed by atoms with Crippen molar-refractivity contribution >= 4 is 17.6 Å². The second-order valence-corrected chi connectivity index (χ2v) is 8.15. The van der Waals surface area contributed by atoms with Crippen molar-refractivity contribution in [2.75, 3.05) is 19.1 Å². The van der Waals surface area contributed by atoms with Crippen LogP contribution in [0.15, 0.2) is 35.6 Å². The first-order valence-electron chi connectivity index (χ1n) is 10.9. The Bertz CT molecular complexity index is 1130. The van der Waals surface area contributed by atoms with Gasteiger partial charge < -0.3 is 25.4 Å². The Kier molecular flexibility index (Phi) is 6.88. The lowest BCUT2D eigenvalue weighted by Gasteiger charge is -2.27. The zero-order chi connectivity index (χ0) is 24.1. The molecule has 0 spiro atoms. The second-order valence-electron chi connectivity index (χ2n) is 8.15. The third kappa shape index (κ3) is 5.07. The largest absolute Gasteiger partial charge is 0.454 e. The summed E-state index contributed by atoms with van der Waals surface area (Å²) in [6.45, 7) is 2.70. The van der Waals surface area contributed by atoms with E-state index in [1.54, 1.807) is 23.1 Å². The van der Waals surface area contributed by atoms with E-state index in [1.165, 1.54) is 0 Å². The van der Waals surface area contributed by atoms with Gasteiger partial charge >= 0.3 is 0 Å². The van der Waals surface area contributed by atoms with Crippen molar-refractivity contribution in [1.29, 1.82) is 0 Å². The fourth-order valence-corrected chi connectivity index (χ4v) is 4.19. The third-order valence-corrected chi connectivity index (χ3v) is 5.94. The van der Waals surface area contributed by atoms with E-state index in [1.807, 2.05) is 19.1 Å². The van der Waals surface area contributed by atoms with E-state index >= 15 is 0 Å². The van der Waals surface area contributed by atoms with Crippen molar-refractivity contribution in [3.8, 4) is 11.5 Å². The number of rotatable bonds is 8. The highest BCUT2D eigenvalue weighted by atomic mass is 16.7. The predicted octanol–water partition coefficient (Wildman–Crippen LogP) is 1.73. The fourth-order valence-electron chi connectivity index (χ4n) is 4.19. The molecular formula is C22H26N8O4. The number of benzene rings is 1. The highest BCUT2D eigenvalue weighted by Gasteiger charge is 2.38. The van der Waals surface area contributed by atoms with Gasteiger partial charge in [0.25, 0.3) is 5.91 Å². The van der Waals surface area contributed by atoms with Gasteiger partial charge in [-0.05, 0) is 54.3 Å². The van der Waals surface area contributed by atoms with Crippen LogP contribution >= 0.6 is 0 Å². The normalized spacial score (nSPS) is 17.1. The van der Waals surface area contributed by atoms with Gasteiger partial charge in [0.1, 0.15) is 11.9 Å². The van der Waals surface area contributed by atoms with Crippen molar-refractivity contribution in [3.05, 3.63) is 57.6 Å². The fraction of sp³-hybridized carbons (Fsp3) is 0.409. The summed E-state index contributed by atoms with van der Waals surface area (Å²) >= 11 is 0. The summed E-state index contributed by atoms with van der Waals surface area (Å²) in [5, 5.41) is 6.30. The van der Waals surface area contributed by atoms with Crippen molar-refractivity contribution in [2.24, 2.45) is 5.22 Å². The molecule has 12 heteroatoms. The zero-order valence-electron chi connectivity index (χ0n) is 18.7. The van der Waals surface area contributed by atoms with Crippen molar-refractivity contribution in [2.45, 2.75) is 44.8 Å². The minimum absolute atomic E-state index is 0.147. The van der Waals surface area contributed by atoms with E-state index < -0.39 is 12.1 Å². The van der Waals surface area contributed by atoms with E-state index in [2.05, 4.69) is 25.9 Å². The first-order valence-corrected chi connectivity index (χ1v) is 10.9. The number of likely N-dealkylation sites (tertiary alicyclic amines) is 1. The Hall–Kier alpha value is -4.18. The van der Waals surface area contributed by atoms with Gasteiger partial charge in [0.15, 0.2) is 17.5 Å². The number of nitrogen functional groups attached to an aromatic ring is 1. The van der Waals surface area contributed by atoms with Crippen LogP contribution in [-0.2, 0) is 22.6 Å². The van der Waals surface area contributed by atoms with Gasteiger partial charge in [-0.25, -0.2) is 10.4 Å². The maximum absolute atomic E-state index is 13.4. The summed E-state index contributed by atoms with van der Waals surface area (Å²) in [6.07, 6.45) is 1.50. The average Bonchev–Trinajstić information content (AvgIpc) is 3.50. The number of nitrogens with two attached hydrogens (primary N) is 1. The molecular weight excluding hydrogens is 440 g/mol. The van der Waals surface area contributed by atoms with Crippen LogP contribution < -0.4 is 25.9 Å². The topological polar surface area (TPSA) is 168 Å². The predicted molar refractivity (Wildman–Crippen MR) is 122 cm³/mol. The van der Waals surface area contributed by atoms with Gasteiger partial charge in [-0.15, -0.1) is 5.53 Å². The maximum Gasteiger partial charge on any atom is 0.268 e. The molecule has 0 saturated carbocycles. The monoisotopic (exact) mass is 466 g/mol. The molecule has 4 rings (SSSR count). The van der Waals surface area contributed by atoms with Crippen LogP contribution in [0, 0.1) is 6.92 Å². The van der Waals surface area contributed by atoms with Crippen LogP contribution in [0.25, 0.3) is 10.4 Å². The number of aromatic nitrogens is 1. The Morgan fingerprint density at radius 3 is 2.94 bits per heavy atom. The molecule has 0 radical (unpaired) electrons.